The molecule has 0 atom stereocenters. The van der Waals surface area contributed by atoms with Crippen molar-refractivity contribution < 1.29 is 9.84 Å². The normalized spacial score (nSPS) is 18.1. The quantitative estimate of drug-likeness (QED) is 0.798. The zero-order valence-electron chi connectivity index (χ0n) is 8.89. The van der Waals surface area contributed by atoms with Gasteiger partial charge >= 0.3 is 0 Å². The van der Waals surface area contributed by atoms with E-state index in [-0.39, 0.29) is 5.75 Å². The molecule has 15 heavy (non-hydrogen) atoms. The Morgan fingerprint density at radius 2 is 2.13 bits per heavy atom. The van der Waals surface area contributed by atoms with Crippen LogP contribution in [0.5, 0.6) is 5.75 Å². The fourth-order valence-electron chi connectivity index (χ4n) is 1.89. The Morgan fingerprint density at radius 3 is 2.67 bits per heavy atom. The van der Waals surface area contributed by atoms with Crippen LogP contribution >= 0.6 is 0 Å². The molecular formula is C11H16N2O2. The van der Waals surface area contributed by atoms with Crippen LogP contribution in [0.1, 0.15) is 12.8 Å². The Hall–Kier alpha value is -1.29. The first kappa shape index (κ1) is 10.2. The van der Waals surface area contributed by atoms with Crippen molar-refractivity contribution in [1.29, 1.82) is 0 Å². The molecule has 0 bridgehead atoms. The topological polar surface area (TPSA) is 45.6 Å². The van der Waals surface area contributed by atoms with Gasteiger partial charge in [0, 0.05) is 20.2 Å². The predicted octanol–water partition coefficient (Wildman–Crippen LogP) is 1.40. The number of hydrogen-bond donors (Lipinski definition) is 1. The molecule has 0 amide bonds. The van der Waals surface area contributed by atoms with E-state index >= 15 is 0 Å². The van der Waals surface area contributed by atoms with Crippen molar-refractivity contribution >= 4 is 5.82 Å². The molecule has 82 valence electrons. The van der Waals surface area contributed by atoms with Crippen molar-refractivity contribution in [3.05, 3.63) is 18.3 Å². The van der Waals surface area contributed by atoms with E-state index in [9.17, 15) is 0 Å². The summed E-state index contributed by atoms with van der Waals surface area (Å²) >= 11 is 0. The number of aromatic nitrogens is 1. The summed E-state index contributed by atoms with van der Waals surface area (Å²) in [7, 11) is 1.76. The van der Waals surface area contributed by atoms with Gasteiger partial charge in [-0.1, -0.05) is 0 Å². The number of aromatic hydroxyl groups is 1. The molecule has 1 aliphatic rings. The zero-order valence-corrected chi connectivity index (χ0v) is 8.89. The Balaban J connectivity index is 1.98. The molecule has 0 saturated carbocycles. The second-order valence-electron chi connectivity index (χ2n) is 3.80. The van der Waals surface area contributed by atoms with E-state index < -0.39 is 0 Å². The van der Waals surface area contributed by atoms with E-state index in [1.54, 1.807) is 13.2 Å². The van der Waals surface area contributed by atoms with Gasteiger partial charge in [-0.3, -0.25) is 0 Å². The molecule has 4 nitrogen and oxygen atoms in total. The highest BCUT2D eigenvalue weighted by Crippen LogP contribution is 2.20. The lowest BCUT2D eigenvalue weighted by atomic mass is 10.1. The minimum atomic E-state index is 0.213. The SMILES string of the molecule is COC1CCN(c2ccc(O)cn2)CC1. The van der Waals surface area contributed by atoms with E-state index in [0.717, 1.165) is 31.7 Å². The fourth-order valence-corrected chi connectivity index (χ4v) is 1.89. The van der Waals surface area contributed by atoms with Gasteiger partial charge in [0.05, 0.1) is 12.3 Å². The molecule has 1 fully saturated rings. The molecule has 4 heteroatoms. The average Bonchev–Trinajstić information content (AvgIpc) is 2.30. The smallest absolute Gasteiger partial charge is 0.134 e. The number of rotatable bonds is 2. The van der Waals surface area contributed by atoms with Crippen LogP contribution in [0, 0.1) is 0 Å². The van der Waals surface area contributed by atoms with Gasteiger partial charge in [0.15, 0.2) is 0 Å². The number of nitrogens with zero attached hydrogens (tertiary/aromatic N) is 2. The van der Waals surface area contributed by atoms with Gasteiger partial charge in [0.2, 0.25) is 0 Å². The van der Waals surface area contributed by atoms with Gasteiger partial charge in [-0.05, 0) is 25.0 Å². The van der Waals surface area contributed by atoms with Crippen LogP contribution in [0.4, 0.5) is 5.82 Å². The zero-order chi connectivity index (χ0) is 10.7. The van der Waals surface area contributed by atoms with E-state index in [1.165, 1.54) is 6.20 Å². The number of piperidine rings is 1. The monoisotopic (exact) mass is 208 g/mol. The number of pyridine rings is 1. The van der Waals surface area contributed by atoms with Crippen molar-refractivity contribution in [2.45, 2.75) is 18.9 Å². The van der Waals surface area contributed by atoms with Crippen LogP contribution in [-0.4, -0.2) is 36.4 Å². The van der Waals surface area contributed by atoms with E-state index in [1.807, 2.05) is 6.07 Å². The van der Waals surface area contributed by atoms with E-state index in [0.29, 0.717) is 6.10 Å². The lowest BCUT2D eigenvalue weighted by Crippen LogP contribution is -2.37. The van der Waals surface area contributed by atoms with Crippen molar-refractivity contribution in [3.63, 3.8) is 0 Å². The summed E-state index contributed by atoms with van der Waals surface area (Å²) in [4.78, 5) is 6.41. The highest BCUT2D eigenvalue weighted by atomic mass is 16.5. The standard InChI is InChI=1S/C11H16N2O2/c1-15-10-4-6-13(7-5-10)11-3-2-9(14)8-12-11/h2-3,8,10,14H,4-7H2,1H3. The maximum absolute atomic E-state index is 9.13. The molecule has 1 aromatic rings. The summed E-state index contributed by atoms with van der Waals surface area (Å²) in [5.41, 5.74) is 0. The Morgan fingerprint density at radius 1 is 1.40 bits per heavy atom. The van der Waals surface area contributed by atoms with Crippen LogP contribution in [-0.2, 0) is 4.74 Å². The third-order valence-electron chi connectivity index (χ3n) is 2.83. The minimum Gasteiger partial charge on any atom is -0.506 e. The van der Waals surface area contributed by atoms with Crippen molar-refractivity contribution in [3.8, 4) is 5.75 Å². The molecule has 0 radical (unpaired) electrons. The molecule has 1 aromatic heterocycles. The number of ether oxygens (including phenoxy) is 1. The molecule has 0 spiro atoms. The first-order valence-corrected chi connectivity index (χ1v) is 5.22. The maximum Gasteiger partial charge on any atom is 0.134 e. The van der Waals surface area contributed by atoms with Crippen LogP contribution in [0.3, 0.4) is 0 Å². The molecule has 0 aromatic carbocycles. The molecule has 1 saturated heterocycles. The molecular weight excluding hydrogens is 192 g/mol. The Bertz CT molecular complexity index is 305. The molecule has 1 aliphatic heterocycles. The molecule has 2 heterocycles. The van der Waals surface area contributed by atoms with Crippen LogP contribution < -0.4 is 4.90 Å². The summed E-state index contributed by atoms with van der Waals surface area (Å²) in [6.45, 7) is 1.94. The van der Waals surface area contributed by atoms with Crippen molar-refractivity contribution in [1.82, 2.24) is 4.98 Å². The number of anilines is 1. The van der Waals surface area contributed by atoms with Crippen molar-refractivity contribution in [2.24, 2.45) is 0 Å². The van der Waals surface area contributed by atoms with Gasteiger partial charge in [-0.15, -0.1) is 0 Å². The minimum absolute atomic E-state index is 0.213. The lowest BCUT2D eigenvalue weighted by Gasteiger charge is -2.31. The first-order valence-electron chi connectivity index (χ1n) is 5.22. The van der Waals surface area contributed by atoms with Gasteiger partial charge in [0.1, 0.15) is 11.6 Å². The van der Waals surface area contributed by atoms with Crippen LogP contribution in [0.2, 0.25) is 0 Å². The second kappa shape index (κ2) is 4.49. The molecule has 1 N–H and O–H groups in total. The van der Waals surface area contributed by atoms with E-state index in [4.69, 9.17) is 9.84 Å². The van der Waals surface area contributed by atoms with Crippen LogP contribution in [0.15, 0.2) is 18.3 Å². The predicted molar refractivity (Wildman–Crippen MR) is 58.1 cm³/mol. The van der Waals surface area contributed by atoms with Crippen LogP contribution in [0.25, 0.3) is 0 Å². The summed E-state index contributed by atoms with van der Waals surface area (Å²) in [5, 5.41) is 9.13. The largest absolute Gasteiger partial charge is 0.506 e. The second-order valence-corrected chi connectivity index (χ2v) is 3.80. The highest BCUT2D eigenvalue weighted by molar-refractivity contribution is 5.40. The summed E-state index contributed by atoms with van der Waals surface area (Å²) in [5.74, 6) is 1.15. The third-order valence-corrected chi connectivity index (χ3v) is 2.83. The lowest BCUT2D eigenvalue weighted by molar-refractivity contribution is 0.0818. The Labute approximate surface area is 89.5 Å². The summed E-state index contributed by atoms with van der Waals surface area (Å²) in [6, 6.07) is 3.52. The molecule has 2 rings (SSSR count). The van der Waals surface area contributed by atoms with Gasteiger partial charge in [0.25, 0.3) is 0 Å². The highest BCUT2D eigenvalue weighted by Gasteiger charge is 2.19. The Kier molecular flexibility index (Phi) is 3.06. The molecule has 0 aliphatic carbocycles. The third kappa shape index (κ3) is 2.39. The number of methoxy groups -OCH3 is 1. The molecule has 0 unspecified atom stereocenters. The van der Waals surface area contributed by atoms with Gasteiger partial charge < -0.3 is 14.7 Å². The summed E-state index contributed by atoms with van der Waals surface area (Å²) < 4.78 is 5.31. The maximum atomic E-state index is 9.13. The first-order chi connectivity index (χ1) is 7.29. The van der Waals surface area contributed by atoms with Crippen molar-refractivity contribution in [2.75, 3.05) is 25.1 Å². The average molecular weight is 208 g/mol. The van der Waals surface area contributed by atoms with E-state index in [2.05, 4.69) is 9.88 Å². The summed E-state index contributed by atoms with van der Waals surface area (Å²) in [6.07, 6.45) is 3.95. The van der Waals surface area contributed by atoms with Gasteiger partial charge in [-0.25, -0.2) is 4.98 Å². The fraction of sp³-hybridized carbons (Fsp3) is 0.545. The number of hydrogen-bond acceptors (Lipinski definition) is 4. The van der Waals surface area contributed by atoms with Gasteiger partial charge in [-0.2, -0.15) is 0 Å².